The van der Waals surface area contributed by atoms with Crippen molar-refractivity contribution in [3.8, 4) is 6.07 Å². The van der Waals surface area contributed by atoms with Gasteiger partial charge in [-0.3, -0.25) is 9.59 Å². The lowest BCUT2D eigenvalue weighted by atomic mass is 10.1. The van der Waals surface area contributed by atoms with Crippen LogP contribution in [0.5, 0.6) is 0 Å². The molecule has 1 heterocycles. The maximum Gasteiger partial charge on any atom is 0.228 e. The predicted octanol–water partition coefficient (Wildman–Crippen LogP) is 0.273. The Morgan fingerprint density at radius 3 is 2.81 bits per heavy atom. The number of rotatable bonds is 4. The zero-order chi connectivity index (χ0) is 12.1. The normalized spacial score (nSPS) is 19.4. The van der Waals surface area contributed by atoms with E-state index in [9.17, 15) is 9.59 Å². The van der Waals surface area contributed by atoms with Crippen LogP contribution in [0, 0.1) is 17.2 Å². The molecule has 5 heteroatoms. The van der Waals surface area contributed by atoms with E-state index in [1.807, 2.05) is 19.9 Å². The van der Waals surface area contributed by atoms with Crippen LogP contribution < -0.4 is 5.32 Å². The second-order valence-corrected chi connectivity index (χ2v) is 4.24. The molecule has 0 aromatic rings. The number of nitriles is 1. The van der Waals surface area contributed by atoms with Crippen molar-refractivity contribution in [3.63, 3.8) is 0 Å². The quantitative estimate of drug-likeness (QED) is 0.743. The Kier molecular flexibility index (Phi) is 4.29. The van der Waals surface area contributed by atoms with Crippen molar-refractivity contribution >= 4 is 11.8 Å². The average Bonchev–Trinajstić information content (AvgIpc) is 2.64. The van der Waals surface area contributed by atoms with Gasteiger partial charge in [0.15, 0.2) is 0 Å². The van der Waals surface area contributed by atoms with Crippen LogP contribution in [0.3, 0.4) is 0 Å². The summed E-state index contributed by atoms with van der Waals surface area (Å²) < 4.78 is 0. The van der Waals surface area contributed by atoms with E-state index in [1.54, 1.807) is 4.90 Å². The Hall–Kier alpha value is -1.57. The van der Waals surface area contributed by atoms with Crippen molar-refractivity contribution in [1.29, 1.82) is 5.26 Å². The molecule has 1 N–H and O–H groups in total. The molecule has 5 nitrogen and oxygen atoms in total. The summed E-state index contributed by atoms with van der Waals surface area (Å²) in [6, 6.07) is 2.10. The third-order valence-electron chi connectivity index (χ3n) is 2.70. The Morgan fingerprint density at radius 1 is 1.69 bits per heavy atom. The number of amides is 2. The molecule has 1 aliphatic rings. The first-order valence-electron chi connectivity index (χ1n) is 5.50. The van der Waals surface area contributed by atoms with Crippen LogP contribution in [0.15, 0.2) is 0 Å². The number of hydrogen-bond donors (Lipinski definition) is 1. The van der Waals surface area contributed by atoms with Gasteiger partial charge in [0.1, 0.15) is 0 Å². The van der Waals surface area contributed by atoms with Gasteiger partial charge in [-0.15, -0.1) is 0 Å². The van der Waals surface area contributed by atoms with Gasteiger partial charge < -0.3 is 10.2 Å². The molecule has 2 amide bonds. The number of nitrogens with one attached hydrogen (secondary N) is 1. The Balaban J connectivity index is 2.60. The van der Waals surface area contributed by atoms with Crippen LogP contribution in [-0.2, 0) is 9.59 Å². The fraction of sp³-hybridized carbons (Fsp3) is 0.727. The van der Waals surface area contributed by atoms with Gasteiger partial charge in [-0.2, -0.15) is 5.26 Å². The summed E-state index contributed by atoms with van der Waals surface area (Å²) in [7, 11) is 0. The van der Waals surface area contributed by atoms with Crippen molar-refractivity contribution in [2.75, 3.05) is 13.1 Å². The first-order valence-corrected chi connectivity index (χ1v) is 5.50. The molecule has 88 valence electrons. The summed E-state index contributed by atoms with van der Waals surface area (Å²) in [6.45, 7) is 4.70. The molecule has 0 aliphatic carbocycles. The largest absolute Gasteiger partial charge is 0.355 e. The van der Waals surface area contributed by atoms with Crippen molar-refractivity contribution < 1.29 is 9.59 Å². The van der Waals surface area contributed by atoms with Crippen molar-refractivity contribution in [3.05, 3.63) is 0 Å². The van der Waals surface area contributed by atoms with Gasteiger partial charge in [0.25, 0.3) is 0 Å². The first-order chi connectivity index (χ1) is 7.56. The lowest BCUT2D eigenvalue weighted by molar-refractivity contribution is -0.137. The van der Waals surface area contributed by atoms with Gasteiger partial charge in [0.2, 0.25) is 11.8 Å². The minimum atomic E-state index is -0.256. The van der Waals surface area contributed by atoms with Gasteiger partial charge in [-0.1, -0.05) is 0 Å². The highest BCUT2D eigenvalue weighted by atomic mass is 16.2. The highest BCUT2D eigenvalue weighted by Crippen LogP contribution is 2.15. The number of carbonyl (C=O) groups excluding carboxylic acids is 2. The molecule has 0 spiro atoms. The van der Waals surface area contributed by atoms with E-state index in [-0.39, 0.29) is 30.2 Å². The Labute approximate surface area is 95.4 Å². The Bertz CT molecular complexity index is 320. The van der Waals surface area contributed by atoms with Crippen LogP contribution in [0.4, 0.5) is 0 Å². The highest BCUT2D eigenvalue weighted by Gasteiger charge is 2.31. The fourth-order valence-corrected chi connectivity index (χ4v) is 1.81. The van der Waals surface area contributed by atoms with E-state index in [0.29, 0.717) is 19.5 Å². The minimum absolute atomic E-state index is 0.0244. The lowest BCUT2D eigenvalue weighted by Crippen LogP contribution is -2.42. The average molecular weight is 223 g/mol. The number of hydrogen-bond acceptors (Lipinski definition) is 3. The van der Waals surface area contributed by atoms with Gasteiger partial charge in [-0.05, 0) is 13.8 Å². The van der Waals surface area contributed by atoms with Crippen molar-refractivity contribution in [1.82, 2.24) is 10.2 Å². The number of nitrogens with zero attached hydrogens (tertiary/aromatic N) is 2. The predicted molar refractivity (Wildman–Crippen MR) is 58.2 cm³/mol. The topological polar surface area (TPSA) is 73.2 Å². The second kappa shape index (κ2) is 5.50. The molecule has 0 aromatic heterocycles. The summed E-state index contributed by atoms with van der Waals surface area (Å²) >= 11 is 0. The lowest BCUT2D eigenvalue weighted by Gasteiger charge is -2.28. The fourth-order valence-electron chi connectivity index (χ4n) is 1.81. The summed E-state index contributed by atoms with van der Waals surface area (Å²) in [5, 5.41) is 11.2. The number of carbonyl (C=O) groups is 2. The SMILES string of the molecule is CC(C)N(CCC#N)C(=O)C1CNC(=O)C1. The molecule has 0 radical (unpaired) electrons. The molecule has 1 aliphatic heterocycles. The maximum atomic E-state index is 12.1. The third-order valence-corrected chi connectivity index (χ3v) is 2.70. The zero-order valence-electron chi connectivity index (χ0n) is 9.69. The standard InChI is InChI=1S/C11H17N3O2/c1-8(2)14(5-3-4-12)11(16)9-6-10(15)13-7-9/h8-9H,3,5-7H2,1-2H3,(H,13,15). The van der Waals surface area contributed by atoms with Crippen LogP contribution in [0.2, 0.25) is 0 Å². The van der Waals surface area contributed by atoms with Gasteiger partial charge in [0.05, 0.1) is 18.4 Å². The van der Waals surface area contributed by atoms with Gasteiger partial charge in [-0.25, -0.2) is 0 Å². The van der Waals surface area contributed by atoms with E-state index in [2.05, 4.69) is 5.32 Å². The zero-order valence-corrected chi connectivity index (χ0v) is 9.69. The third kappa shape index (κ3) is 2.96. The van der Waals surface area contributed by atoms with Crippen molar-refractivity contribution in [2.24, 2.45) is 5.92 Å². The molecule has 1 atom stereocenters. The van der Waals surface area contributed by atoms with E-state index >= 15 is 0 Å². The van der Waals surface area contributed by atoms with Crippen LogP contribution >= 0.6 is 0 Å². The smallest absolute Gasteiger partial charge is 0.228 e. The van der Waals surface area contributed by atoms with Crippen LogP contribution in [-0.4, -0.2) is 35.8 Å². The second-order valence-electron chi connectivity index (χ2n) is 4.24. The summed E-state index contributed by atoms with van der Waals surface area (Å²) in [6.07, 6.45) is 0.604. The molecule has 1 saturated heterocycles. The van der Waals surface area contributed by atoms with E-state index in [4.69, 9.17) is 5.26 Å². The minimum Gasteiger partial charge on any atom is -0.355 e. The molecule has 1 rings (SSSR count). The molecule has 0 bridgehead atoms. The molecule has 0 saturated carbocycles. The Morgan fingerprint density at radius 2 is 2.38 bits per heavy atom. The van der Waals surface area contributed by atoms with Gasteiger partial charge >= 0.3 is 0 Å². The van der Waals surface area contributed by atoms with Crippen LogP contribution in [0.1, 0.15) is 26.7 Å². The van der Waals surface area contributed by atoms with E-state index in [1.165, 1.54) is 0 Å². The molecule has 0 aromatic carbocycles. The molecule has 1 unspecified atom stereocenters. The summed E-state index contributed by atoms with van der Waals surface area (Å²) in [5.41, 5.74) is 0. The summed E-state index contributed by atoms with van der Waals surface area (Å²) in [4.78, 5) is 24.8. The van der Waals surface area contributed by atoms with Crippen molar-refractivity contribution in [2.45, 2.75) is 32.7 Å². The molecule has 1 fully saturated rings. The highest BCUT2D eigenvalue weighted by molar-refractivity contribution is 5.89. The first kappa shape index (κ1) is 12.5. The molecular weight excluding hydrogens is 206 g/mol. The van der Waals surface area contributed by atoms with Gasteiger partial charge in [0, 0.05) is 25.6 Å². The summed E-state index contributed by atoms with van der Waals surface area (Å²) in [5.74, 6) is -0.348. The maximum absolute atomic E-state index is 12.1. The van der Waals surface area contributed by atoms with E-state index < -0.39 is 0 Å². The van der Waals surface area contributed by atoms with Crippen LogP contribution in [0.25, 0.3) is 0 Å². The molecule has 16 heavy (non-hydrogen) atoms. The molecular formula is C11H17N3O2. The monoisotopic (exact) mass is 223 g/mol. The van der Waals surface area contributed by atoms with E-state index in [0.717, 1.165) is 0 Å².